The SMILES string of the molecule is CC(C)[C@H](N)C(=O)N1CCN(c2ncccn2)CC1. The quantitative estimate of drug-likeness (QED) is 0.837. The molecule has 6 nitrogen and oxygen atoms in total. The molecule has 1 aromatic rings. The predicted octanol–water partition coefficient (Wildman–Crippen LogP) is 0.109. The van der Waals surface area contributed by atoms with Crippen LogP contribution in [0.25, 0.3) is 0 Å². The van der Waals surface area contributed by atoms with Crippen LogP contribution in [0.4, 0.5) is 5.95 Å². The van der Waals surface area contributed by atoms with Crippen molar-refractivity contribution < 1.29 is 4.79 Å². The summed E-state index contributed by atoms with van der Waals surface area (Å²) in [5.74, 6) is 0.939. The van der Waals surface area contributed by atoms with Gasteiger partial charge in [-0.1, -0.05) is 13.8 Å². The number of hydrogen-bond donors (Lipinski definition) is 1. The van der Waals surface area contributed by atoms with Crippen molar-refractivity contribution in [2.45, 2.75) is 19.9 Å². The molecule has 2 N–H and O–H groups in total. The molecule has 6 heteroatoms. The van der Waals surface area contributed by atoms with Crippen molar-refractivity contribution in [1.82, 2.24) is 14.9 Å². The molecule has 0 spiro atoms. The van der Waals surface area contributed by atoms with Crippen LogP contribution in [-0.4, -0.2) is 53.0 Å². The highest BCUT2D eigenvalue weighted by molar-refractivity contribution is 5.82. The normalized spacial score (nSPS) is 17.7. The third kappa shape index (κ3) is 3.20. The van der Waals surface area contributed by atoms with E-state index in [1.165, 1.54) is 0 Å². The Bertz CT molecular complexity index is 414. The van der Waals surface area contributed by atoms with Crippen molar-refractivity contribution in [2.24, 2.45) is 11.7 Å². The van der Waals surface area contributed by atoms with Crippen LogP contribution in [0.15, 0.2) is 18.5 Å². The first-order valence-corrected chi connectivity index (χ1v) is 6.66. The lowest BCUT2D eigenvalue weighted by molar-refractivity contribution is -0.133. The Morgan fingerprint density at radius 1 is 1.21 bits per heavy atom. The molecule has 1 fully saturated rings. The zero-order valence-corrected chi connectivity index (χ0v) is 11.5. The Morgan fingerprint density at radius 2 is 1.79 bits per heavy atom. The topological polar surface area (TPSA) is 75.4 Å². The van der Waals surface area contributed by atoms with Gasteiger partial charge in [-0.25, -0.2) is 9.97 Å². The van der Waals surface area contributed by atoms with Crippen LogP contribution in [0.2, 0.25) is 0 Å². The number of nitrogens with two attached hydrogens (primary N) is 1. The van der Waals surface area contributed by atoms with E-state index in [0.29, 0.717) is 13.1 Å². The average molecular weight is 263 g/mol. The van der Waals surface area contributed by atoms with Crippen LogP contribution in [0.5, 0.6) is 0 Å². The standard InChI is InChI=1S/C13H21N5O/c1-10(2)11(14)12(19)17-6-8-18(9-7-17)13-15-4-3-5-16-13/h3-5,10-11H,6-9,14H2,1-2H3/t11-/m0/s1. The highest BCUT2D eigenvalue weighted by atomic mass is 16.2. The van der Waals surface area contributed by atoms with Gasteiger partial charge in [0.05, 0.1) is 6.04 Å². The number of rotatable bonds is 3. The van der Waals surface area contributed by atoms with Gasteiger partial charge in [0.25, 0.3) is 0 Å². The third-order valence-electron chi connectivity index (χ3n) is 3.43. The molecule has 2 heterocycles. The molecule has 1 aliphatic rings. The smallest absolute Gasteiger partial charge is 0.239 e. The summed E-state index contributed by atoms with van der Waals surface area (Å²) in [6.45, 7) is 6.80. The molecular weight excluding hydrogens is 242 g/mol. The summed E-state index contributed by atoms with van der Waals surface area (Å²) in [5.41, 5.74) is 5.91. The van der Waals surface area contributed by atoms with E-state index in [1.807, 2.05) is 18.7 Å². The molecule has 2 rings (SSSR count). The van der Waals surface area contributed by atoms with Gasteiger partial charge < -0.3 is 15.5 Å². The zero-order chi connectivity index (χ0) is 13.8. The van der Waals surface area contributed by atoms with Crippen molar-refractivity contribution in [3.63, 3.8) is 0 Å². The maximum absolute atomic E-state index is 12.1. The number of piperazine rings is 1. The highest BCUT2D eigenvalue weighted by Gasteiger charge is 2.27. The van der Waals surface area contributed by atoms with Gasteiger partial charge in [-0.05, 0) is 12.0 Å². The molecular formula is C13H21N5O. The Morgan fingerprint density at radius 3 is 2.32 bits per heavy atom. The van der Waals surface area contributed by atoms with E-state index in [1.54, 1.807) is 18.5 Å². The maximum Gasteiger partial charge on any atom is 0.239 e. The van der Waals surface area contributed by atoms with Crippen LogP contribution in [0.3, 0.4) is 0 Å². The predicted molar refractivity (Wildman–Crippen MR) is 73.6 cm³/mol. The number of aromatic nitrogens is 2. The Labute approximate surface area is 113 Å². The minimum absolute atomic E-state index is 0.0450. The molecule has 0 aliphatic carbocycles. The molecule has 0 aromatic carbocycles. The molecule has 19 heavy (non-hydrogen) atoms. The van der Waals surface area contributed by atoms with Gasteiger partial charge in [0.1, 0.15) is 0 Å². The fraction of sp³-hybridized carbons (Fsp3) is 0.615. The van der Waals surface area contributed by atoms with E-state index < -0.39 is 6.04 Å². The lowest BCUT2D eigenvalue weighted by Crippen LogP contribution is -2.54. The van der Waals surface area contributed by atoms with Crippen LogP contribution in [-0.2, 0) is 4.79 Å². The van der Waals surface area contributed by atoms with Crippen LogP contribution >= 0.6 is 0 Å². The van der Waals surface area contributed by atoms with E-state index in [-0.39, 0.29) is 11.8 Å². The van der Waals surface area contributed by atoms with Crippen LogP contribution < -0.4 is 10.6 Å². The zero-order valence-electron chi connectivity index (χ0n) is 11.5. The molecule has 0 unspecified atom stereocenters. The van der Waals surface area contributed by atoms with Gasteiger partial charge >= 0.3 is 0 Å². The minimum Gasteiger partial charge on any atom is -0.338 e. The average Bonchev–Trinajstić information content (AvgIpc) is 2.46. The molecule has 0 radical (unpaired) electrons. The monoisotopic (exact) mass is 263 g/mol. The van der Waals surface area contributed by atoms with Gasteiger partial charge in [0.2, 0.25) is 11.9 Å². The first-order chi connectivity index (χ1) is 9.09. The number of carbonyl (C=O) groups is 1. The number of anilines is 1. The molecule has 104 valence electrons. The van der Waals surface area contributed by atoms with E-state index >= 15 is 0 Å². The second-order valence-corrected chi connectivity index (χ2v) is 5.13. The summed E-state index contributed by atoms with van der Waals surface area (Å²) in [5, 5.41) is 0. The molecule has 0 bridgehead atoms. The summed E-state index contributed by atoms with van der Waals surface area (Å²) in [6.07, 6.45) is 3.46. The van der Waals surface area contributed by atoms with Crippen LogP contribution in [0, 0.1) is 5.92 Å². The first-order valence-electron chi connectivity index (χ1n) is 6.66. The summed E-state index contributed by atoms with van der Waals surface area (Å²) >= 11 is 0. The number of amides is 1. The highest BCUT2D eigenvalue weighted by Crippen LogP contribution is 2.11. The molecule has 1 amide bonds. The molecule has 1 saturated heterocycles. The summed E-state index contributed by atoms with van der Waals surface area (Å²) < 4.78 is 0. The van der Waals surface area contributed by atoms with Gasteiger partial charge in [0, 0.05) is 38.6 Å². The second-order valence-electron chi connectivity index (χ2n) is 5.13. The second kappa shape index (κ2) is 5.97. The summed E-state index contributed by atoms with van der Waals surface area (Å²) in [7, 11) is 0. The molecule has 1 aromatic heterocycles. The molecule has 0 saturated carbocycles. The number of carbonyl (C=O) groups excluding carboxylic acids is 1. The van der Waals surface area contributed by atoms with E-state index in [9.17, 15) is 4.79 Å². The van der Waals surface area contributed by atoms with E-state index in [0.717, 1.165) is 19.0 Å². The first kappa shape index (κ1) is 13.7. The summed E-state index contributed by atoms with van der Waals surface area (Å²) in [4.78, 5) is 24.5. The maximum atomic E-state index is 12.1. The van der Waals surface area contributed by atoms with E-state index in [2.05, 4.69) is 14.9 Å². The Kier molecular flexibility index (Phi) is 4.31. The van der Waals surface area contributed by atoms with Gasteiger partial charge in [-0.2, -0.15) is 0 Å². The fourth-order valence-electron chi connectivity index (χ4n) is 2.08. The molecule has 1 aliphatic heterocycles. The van der Waals surface area contributed by atoms with Gasteiger partial charge in [-0.3, -0.25) is 4.79 Å². The lowest BCUT2D eigenvalue weighted by atomic mass is 10.0. The van der Waals surface area contributed by atoms with Crippen molar-refractivity contribution in [3.05, 3.63) is 18.5 Å². The van der Waals surface area contributed by atoms with Crippen molar-refractivity contribution in [2.75, 3.05) is 31.1 Å². The van der Waals surface area contributed by atoms with Crippen LogP contribution in [0.1, 0.15) is 13.8 Å². The largest absolute Gasteiger partial charge is 0.338 e. The van der Waals surface area contributed by atoms with Crippen molar-refractivity contribution in [3.8, 4) is 0 Å². The lowest BCUT2D eigenvalue weighted by Gasteiger charge is -2.36. The van der Waals surface area contributed by atoms with E-state index in [4.69, 9.17) is 5.73 Å². The fourth-order valence-corrected chi connectivity index (χ4v) is 2.08. The van der Waals surface area contributed by atoms with Crippen molar-refractivity contribution in [1.29, 1.82) is 0 Å². The van der Waals surface area contributed by atoms with Gasteiger partial charge in [0.15, 0.2) is 0 Å². The van der Waals surface area contributed by atoms with Gasteiger partial charge in [-0.15, -0.1) is 0 Å². The third-order valence-corrected chi connectivity index (χ3v) is 3.43. The number of nitrogens with zero attached hydrogens (tertiary/aromatic N) is 4. The van der Waals surface area contributed by atoms with Crippen molar-refractivity contribution >= 4 is 11.9 Å². The summed E-state index contributed by atoms with van der Waals surface area (Å²) in [6, 6.07) is 1.39. The minimum atomic E-state index is -0.403. The number of hydrogen-bond acceptors (Lipinski definition) is 5. The molecule has 1 atom stereocenters. The Hall–Kier alpha value is -1.69. The Balaban J connectivity index is 1.91.